The molecule has 0 fully saturated rings. The van der Waals surface area contributed by atoms with Crippen LogP contribution in [0.1, 0.15) is 17.3 Å². The number of anilines is 1. The van der Waals surface area contributed by atoms with E-state index >= 15 is 0 Å². The van der Waals surface area contributed by atoms with Crippen LogP contribution in [0.2, 0.25) is 0 Å². The van der Waals surface area contributed by atoms with Gasteiger partial charge in [-0.1, -0.05) is 0 Å². The van der Waals surface area contributed by atoms with Gasteiger partial charge in [-0.2, -0.15) is 0 Å². The topological polar surface area (TPSA) is 130 Å². The van der Waals surface area contributed by atoms with Crippen LogP contribution in [0.5, 0.6) is 5.75 Å². The first-order valence-electron chi connectivity index (χ1n) is 8.04. The Kier molecular flexibility index (Phi) is 6.32. The van der Waals surface area contributed by atoms with Crippen LogP contribution in [0.4, 0.5) is 5.69 Å². The first-order chi connectivity index (χ1) is 13.0. The van der Waals surface area contributed by atoms with Gasteiger partial charge in [0.1, 0.15) is 10.6 Å². The lowest BCUT2D eigenvalue weighted by atomic mass is 10.2. The molecule has 2 aromatic carbocycles. The molecule has 2 rings (SSSR count). The summed E-state index contributed by atoms with van der Waals surface area (Å²) in [6.07, 6.45) is 0. The number of hydrogen-bond acceptors (Lipinski definition) is 6. The molecule has 0 saturated heterocycles. The third-order valence-corrected chi connectivity index (χ3v) is 6.90. The Morgan fingerprint density at radius 2 is 1.68 bits per heavy atom. The van der Waals surface area contributed by atoms with E-state index in [1.165, 1.54) is 32.3 Å². The minimum absolute atomic E-state index is 0.0196. The summed E-state index contributed by atoms with van der Waals surface area (Å²) in [6.45, 7) is 1.93. The van der Waals surface area contributed by atoms with Crippen molar-refractivity contribution in [3.8, 4) is 5.75 Å². The molecule has 0 aromatic heterocycles. The molecule has 2 aromatic rings. The second kappa shape index (κ2) is 8.17. The van der Waals surface area contributed by atoms with Gasteiger partial charge in [-0.15, -0.1) is 0 Å². The van der Waals surface area contributed by atoms with Crippen molar-refractivity contribution in [2.75, 3.05) is 25.4 Å². The van der Waals surface area contributed by atoms with Crippen LogP contribution >= 0.6 is 0 Å². The highest BCUT2D eigenvalue weighted by atomic mass is 32.2. The summed E-state index contributed by atoms with van der Waals surface area (Å²) < 4.78 is 58.8. The summed E-state index contributed by atoms with van der Waals surface area (Å²) in [5.74, 6) is -1.08. The smallest absolute Gasteiger partial charge is 0.335 e. The van der Waals surface area contributed by atoms with Gasteiger partial charge in [-0.05, 0) is 49.4 Å². The van der Waals surface area contributed by atoms with E-state index in [0.717, 1.165) is 28.6 Å². The van der Waals surface area contributed by atoms with Gasteiger partial charge in [0, 0.05) is 14.1 Å². The van der Waals surface area contributed by atoms with Crippen LogP contribution in [0.3, 0.4) is 0 Å². The lowest BCUT2D eigenvalue weighted by Gasteiger charge is -2.17. The van der Waals surface area contributed by atoms with E-state index in [1.807, 2.05) is 0 Å². The second-order valence-electron chi connectivity index (χ2n) is 5.82. The normalized spacial score (nSPS) is 12.0. The number of sulfonamides is 2. The van der Waals surface area contributed by atoms with Crippen molar-refractivity contribution in [2.24, 2.45) is 0 Å². The van der Waals surface area contributed by atoms with E-state index < -0.39 is 26.0 Å². The molecular formula is C17H20N2O7S2. The van der Waals surface area contributed by atoms with Crippen LogP contribution in [-0.2, 0) is 20.0 Å². The molecule has 0 atom stereocenters. The Balaban J connectivity index is 2.44. The number of ether oxygens (including phenoxy) is 1. The molecule has 0 aliphatic heterocycles. The molecule has 152 valence electrons. The molecule has 0 amide bonds. The van der Waals surface area contributed by atoms with Gasteiger partial charge in [0.15, 0.2) is 0 Å². The molecule has 0 spiro atoms. The second-order valence-corrected chi connectivity index (χ2v) is 9.62. The molecule has 0 saturated carbocycles. The van der Waals surface area contributed by atoms with E-state index in [2.05, 4.69) is 4.72 Å². The van der Waals surface area contributed by atoms with Crippen molar-refractivity contribution in [1.29, 1.82) is 0 Å². The van der Waals surface area contributed by atoms with Gasteiger partial charge in [0.25, 0.3) is 10.0 Å². The molecule has 0 aliphatic rings. The Morgan fingerprint density at radius 1 is 1.07 bits per heavy atom. The summed E-state index contributed by atoms with van der Waals surface area (Å²) in [5, 5.41) is 8.90. The van der Waals surface area contributed by atoms with Crippen LogP contribution in [0.15, 0.2) is 52.3 Å². The van der Waals surface area contributed by atoms with Crippen LogP contribution in [0, 0.1) is 0 Å². The zero-order chi connectivity index (χ0) is 21.1. The van der Waals surface area contributed by atoms with Crippen LogP contribution < -0.4 is 9.46 Å². The highest BCUT2D eigenvalue weighted by Crippen LogP contribution is 2.30. The average Bonchev–Trinajstić information content (AvgIpc) is 2.62. The van der Waals surface area contributed by atoms with Gasteiger partial charge >= 0.3 is 5.97 Å². The maximum atomic E-state index is 12.5. The molecule has 0 unspecified atom stereocenters. The fourth-order valence-electron chi connectivity index (χ4n) is 2.24. The Bertz CT molecular complexity index is 1080. The van der Waals surface area contributed by atoms with Gasteiger partial charge in [0.2, 0.25) is 10.0 Å². The molecule has 0 aliphatic carbocycles. The molecule has 2 N–H and O–H groups in total. The van der Waals surface area contributed by atoms with Crippen molar-refractivity contribution < 1.29 is 31.5 Å². The molecule has 28 heavy (non-hydrogen) atoms. The minimum atomic E-state index is -4.06. The molecule has 11 heteroatoms. The maximum Gasteiger partial charge on any atom is 0.335 e. The third-order valence-electron chi connectivity index (χ3n) is 3.67. The fourth-order valence-corrected chi connectivity index (χ4v) is 4.34. The van der Waals surface area contributed by atoms with Crippen molar-refractivity contribution in [2.45, 2.75) is 16.7 Å². The Morgan fingerprint density at radius 3 is 2.18 bits per heavy atom. The Hall–Kier alpha value is -2.63. The van der Waals surface area contributed by atoms with E-state index in [4.69, 9.17) is 9.84 Å². The predicted molar refractivity (Wildman–Crippen MR) is 103 cm³/mol. The number of benzene rings is 2. The number of nitrogens with one attached hydrogen (secondary N) is 1. The molecule has 0 bridgehead atoms. The number of carboxylic acid groups (broad SMARTS) is 1. The number of nitrogens with zero attached hydrogens (tertiary/aromatic N) is 1. The first kappa shape index (κ1) is 21.7. The van der Waals surface area contributed by atoms with E-state index in [1.54, 1.807) is 6.92 Å². The van der Waals surface area contributed by atoms with Crippen LogP contribution in [0.25, 0.3) is 0 Å². The summed E-state index contributed by atoms with van der Waals surface area (Å²) >= 11 is 0. The zero-order valence-corrected chi connectivity index (χ0v) is 17.0. The number of aromatic carboxylic acids is 1. The summed E-state index contributed by atoms with van der Waals surface area (Å²) in [6, 6.07) is 8.54. The third kappa shape index (κ3) is 4.61. The number of carboxylic acids is 1. The average molecular weight is 428 g/mol. The number of carbonyl (C=O) groups is 1. The number of rotatable bonds is 8. The van der Waals surface area contributed by atoms with Gasteiger partial charge in [0.05, 0.1) is 22.8 Å². The SMILES string of the molecule is CCOc1ccc(NS(=O)(=O)c2ccc(C(=O)O)cc2)cc1S(=O)(=O)N(C)C. The van der Waals surface area contributed by atoms with Gasteiger partial charge in [-0.25, -0.2) is 25.9 Å². The Labute approximate surface area is 163 Å². The monoisotopic (exact) mass is 428 g/mol. The van der Waals surface area contributed by atoms with Crippen molar-refractivity contribution in [3.63, 3.8) is 0 Å². The van der Waals surface area contributed by atoms with E-state index in [0.29, 0.717) is 0 Å². The molecule has 9 nitrogen and oxygen atoms in total. The summed E-state index contributed by atoms with van der Waals surface area (Å²) in [4.78, 5) is 10.5. The van der Waals surface area contributed by atoms with Gasteiger partial charge < -0.3 is 9.84 Å². The van der Waals surface area contributed by atoms with Crippen molar-refractivity contribution in [3.05, 3.63) is 48.0 Å². The van der Waals surface area contributed by atoms with Gasteiger partial charge in [-0.3, -0.25) is 4.72 Å². The van der Waals surface area contributed by atoms with E-state index in [9.17, 15) is 21.6 Å². The number of hydrogen-bond donors (Lipinski definition) is 2. The molecule has 0 radical (unpaired) electrons. The van der Waals surface area contributed by atoms with E-state index in [-0.39, 0.29) is 33.4 Å². The highest BCUT2D eigenvalue weighted by molar-refractivity contribution is 7.92. The highest BCUT2D eigenvalue weighted by Gasteiger charge is 2.24. The predicted octanol–water partition coefficient (Wildman–Crippen LogP) is 1.83. The fraction of sp³-hybridized carbons (Fsp3) is 0.235. The van der Waals surface area contributed by atoms with Crippen molar-refractivity contribution in [1.82, 2.24) is 4.31 Å². The minimum Gasteiger partial charge on any atom is -0.492 e. The summed E-state index contributed by atoms with van der Waals surface area (Å²) in [7, 11) is -5.23. The molecule has 0 heterocycles. The largest absolute Gasteiger partial charge is 0.492 e. The van der Waals surface area contributed by atoms with Crippen LogP contribution in [-0.4, -0.2) is 52.9 Å². The maximum absolute atomic E-state index is 12.5. The first-order valence-corrected chi connectivity index (χ1v) is 11.0. The standard InChI is InChI=1S/C17H20N2O7S2/c1-4-26-15-10-7-13(11-16(15)28(24,25)19(2)3)18-27(22,23)14-8-5-12(6-9-14)17(20)21/h5-11,18H,4H2,1-3H3,(H,20,21). The summed E-state index contributed by atoms with van der Waals surface area (Å²) in [5.41, 5.74) is -0.0365. The quantitative estimate of drug-likeness (QED) is 0.656. The van der Waals surface area contributed by atoms with Crippen molar-refractivity contribution >= 4 is 31.7 Å². The lowest BCUT2D eigenvalue weighted by molar-refractivity contribution is 0.0696. The zero-order valence-electron chi connectivity index (χ0n) is 15.4. The molecular weight excluding hydrogens is 408 g/mol. The lowest BCUT2D eigenvalue weighted by Crippen LogP contribution is -2.23.